The molecule has 0 saturated carbocycles. The summed E-state index contributed by atoms with van der Waals surface area (Å²) < 4.78 is 63.5. The summed E-state index contributed by atoms with van der Waals surface area (Å²) in [7, 11) is -10.4. The topological polar surface area (TPSA) is 136 Å². The average Bonchev–Trinajstić information content (AvgIpc) is 2.86. The van der Waals surface area contributed by atoms with Gasteiger partial charge in [0.15, 0.2) is 0 Å². The Morgan fingerprint density at radius 3 is 2.00 bits per heavy atom. The van der Waals surface area contributed by atoms with Crippen LogP contribution in [0.4, 0.5) is 0 Å². The molecule has 0 aromatic heterocycles. The minimum atomic E-state index is -5.22. The number of nitrogens with zero attached hydrogens (tertiary/aromatic N) is 2. The lowest BCUT2D eigenvalue weighted by molar-refractivity contribution is 0.287. The van der Waals surface area contributed by atoms with Gasteiger partial charge in [-0.3, -0.25) is 9.11 Å². The second-order valence-corrected chi connectivity index (χ2v) is 9.84. The Bertz CT molecular complexity index is 819. The maximum atomic E-state index is 11.6. The van der Waals surface area contributed by atoms with Crippen LogP contribution in [0.2, 0.25) is 0 Å². The van der Waals surface area contributed by atoms with Crippen molar-refractivity contribution in [2.75, 3.05) is 13.1 Å². The summed E-state index contributed by atoms with van der Waals surface area (Å²) >= 11 is 0. The van der Waals surface area contributed by atoms with E-state index >= 15 is 0 Å². The Kier molecular flexibility index (Phi) is 4.85. The molecule has 8 nitrogen and oxygen atoms in total. The predicted molar refractivity (Wildman–Crippen MR) is 86.6 cm³/mol. The highest BCUT2D eigenvalue weighted by Crippen LogP contribution is 2.45. The summed E-state index contributed by atoms with van der Waals surface area (Å²) in [4.78, 5) is 1.94. The van der Waals surface area contributed by atoms with Crippen molar-refractivity contribution in [2.24, 2.45) is 5.41 Å². The predicted octanol–water partition coefficient (Wildman–Crippen LogP) is 1.67. The lowest BCUT2D eigenvalue weighted by Crippen LogP contribution is -2.31. The average molecular weight is 376 g/mol. The van der Waals surface area contributed by atoms with Crippen molar-refractivity contribution in [3.8, 4) is 6.07 Å². The first kappa shape index (κ1) is 18.9. The summed E-state index contributed by atoms with van der Waals surface area (Å²) in [5.41, 5.74) is -0.415. The lowest BCUT2D eigenvalue weighted by atomic mass is 9.74. The van der Waals surface area contributed by atoms with Crippen LogP contribution < -0.4 is 0 Å². The molecule has 0 spiro atoms. The molecule has 24 heavy (non-hydrogen) atoms. The largest absolute Gasteiger partial charge is 0.374 e. The molecule has 0 bridgehead atoms. The van der Waals surface area contributed by atoms with Gasteiger partial charge in [-0.15, -0.1) is 0 Å². The van der Waals surface area contributed by atoms with Gasteiger partial charge in [0.05, 0.1) is 5.57 Å². The molecule has 1 aliphatic heterocycles. The van der Waals surface area contributed by atoms with Crippen molar-refractivity contribution in [1.29, 1.82) is 5.26 Å². The van der Waals surface area contributed by atoms with Gasteiger partial charge in [0.2, 0.25) is 4.24 Å². The molecule has 0 aromatic carbocycles. The van der Waals surface area contributed by atoms with Crippen molar-refractivity contribution in [3.63, 3.8) is 0 Å². The van der Waals surface area contributed by atoms with E-state index in [4.69, 9.17) is 0 Å². The fourth-order valence-corrected chi connectivity index (χ4v) is 5.39. The van der Waals surface area contributed by atoms with Crippen LogP contribution in [-0.4, -0.2) is 43.9 Å². The van der Waals surface area contributed by atoms with Gasteiger partial charge in [-0.05, 0) is 31.1 Å². The minimum absolute atomic E-state index is 0.0673. The molecule has 2 N–H and O–H groups in total. The standard InChI is InChI=1S/C14H20N2O6S2/c1-14(2)7-10(13(23(17,18)19)24(20,21)22)11(9-15)12(8-14)16-5-3-4-6-16/h3-8H2,1-2H3,(H,17,18,19)(H,20,21,22). The second-order valence-electron chi connectivity index (χ2n) is 6.86. The van der Waals surface area contributed by atoms with Crippen LogP contribution in [0.5, 0.6) is 0 Å². The van der Waals surface area contributed by atoms with Gasteiger partial charge in [0.1, 0.15) is 6.07 Å². The molecule has 10 heteroatoms. The summed E-state index contributed by atoms with van der Waals surface area (Å²) in [6, 6.07) is 1.87. The molecule has 2 rings (SSSR count). The zero-order chi connectivity index (χ0) is 18.3. The smallest absolute Gasteiger partial charge is 0.308 e. The minimum Gasteiger partial charge on any atom is -0.374 e. The summed E-state index contributed by atoms with van der Waals surface area (Å²) in [5, 5.41) is 9.52. The summed E-state index contributed by atoms with van der Waals surface area (Å²) in [5.74, 6) is 0. The zero-order valence-electron chi connectivity index (χ0n) is 13.5. The molecule has 134 valence electrons. The van der Waals surface area contributed by atoms with Crippen LogP contribution in [0.25, 0.3) is 0 Å². The Labute approximate surface area is 142 Å². The third-order valence-corrected chi connectivity index (χ3v) is 6.90. The third-order valence-electron chi connectivity index (χ3n) is 4.21. The zero-order valence-corrected chi connectivity index (χ0v) is 15.1. The highest BCUT2D eigenvalue weighted by atomic mass is 32.3. The maximum absolute atomic E-state index is 11.6. The first-order chi connectivity index (χ1) is 10.9. The van der Waals surface area contributed by atoms with E-state index in [0.29, 0.717) is 25.2 Å². The van der Waals surface area contributed by atoms with E-state index in [1.54, 1.807) is 0 Å². The highest BCUT2D eigenvalue weighted by Gasteiger charge is 2.41. The van der Waals surface area contributed by atoms with Crippen LogP contribution in [0, 0.1) is 16.7 Å². The molecular formula is C14H20N2O6S2. The number of likely N-dealkylation sites (tertiary alicyclic amines) is 1. The van der Waals surface area contributed by atoms with Crippen molar-refractivity contribution >= 4 is 20.2 Å². The van der Waals surface area contributed by atoms with Gasteiger partial charge in [0, 0.05) is 24.4 Å². The fraction of sp³-hybridized carbons (Fsp3) is 0.643. The van der Waals surface area contributed by atoms with E-state index < -0.39 is 29.9 Å². The molecule has 0 radical (unpaired) electrons. The van der Waals surface area contributed by atoms with E-state index in [-0.39, 0.29) is 17.6 Å². The van der Waals surface area contributed by atoms with Gasteiger partial charge >= 0.3 is 20.2 Å². The van der Waals surface area contributed by atoms with Gasteiger partial charge in [-0.2, -0.15) is 22.1 Å². The van der Waals surface area contributed by atoms with Crippen molar-refractivity contribution in [3.05, 3.63) is 21.1 Å². The molecule has 1 aliphatic carbocycles. The Hall–Kier alpha value is -1.41. The molecule has 1 saturated heterocycles. The van der Waals surface area contributed by atoms with Gasteiger partial charge in [-0.25, -0.2) is 0 Å². The Morgan fingerprint density at radius 1 is 1.08 bits per heavy atom. The van der Waals surface area contributed by atoms with E-state index in [0.717, 1.165) is 12.8 Å². The molecule has 2 aliphatic rings. The number of nitriles is 1. The number of hydrogen-bond donors (Lipinski definition) is 2. The maximum Gasteiger partial charge on any atom is 0.308 e. The lowest BCUT2D eigenvalue weighted by Gasteiger charge is -2.37. The van der Waals surface area contributed by atoms with E-state index in [1.165, 1.54) is 0 Å². The highest BCUT2D eigenvalue weighted by molar-refractivity contribution is 8.09. The number of allylic oxidation sites excluding steroid dienone is 3. The van der Waals surface area contributed by atoms with Crippen LogP contribution in [0.15, 0.2) is 21.1 Å². The monoisotopic (exact) mass is 376 g/mol. The summed E-state index contributed by atoms with van der Waals surface area (Å²) in [6.45, 7) is 5.00. The van der Waals surface area contributed by atoms with Crippen LogP contribution in [-0.2, 0) is 20.2 Å². The fourth-order valence-electron chi connectivity index (χ4n) is 3.35. The number of hydrogen-bond acceptors (Lipinski definition) is 6. The Morgan fingerprint density at radius 2 is 1.58 bits per heavy atom. The van der Waals surface area contributed by atoms with Gasteiger partial charge in [0.25, 0.3) is 0 Å². The quantitative estimate of drug-likeness (QED) is 0.710. The molecule has 1 fully saturated rings. The molecule has 1 heterocycles. The van der Waals surface area contributed by atoms with E-state index in [9.17, 15) is 31.2 Å². The van der Waals surface area contributed by atoms with Crippen LogP contribution in [0.1, 0.15) is 39.5 Å². The number of rotatable bonds is 3. The van der Waals surface area contributed by atoms with Crippen molar-refractivity contribution in [2.45, 2.75) is 39.5 Å². The third kappa shape index (κ3) is 3.80. The first-order valence-corrected chi connectivity index (χ1v) is 10.3. The first-order valence-electron chi connectivity index (χ1n) is 7.43. The van der Waals surface area contributed by atoms with E-state index in [2.05, 4.69) is 0 Å². The van der Waals surface area contributed by atoms with Gasteiger partial charge in [-0.1, -0.05) is 13.8 Å². The molecule has 0 atom stereocenters. The van der Waals surface area contributed by atoms with Crippen molar-refractivity contribution < 1.29 is 25.9 Å². The van der Waals surface area contributed by atoms with Gasteiger partial charge < -0.3 is 4.90 Å². The molecular weight excluding hydrogens is 356 g/mol. The van der Waals surface area contributed by atoms with E-state index in [1.807, 2.05) is 24.8 Å². The van der Waals surface area contributed by atoms with Crippen LogP contribution in [0.3, 0.4) is 0 Å². The van der Waals surface area contributed by atoms with Crippen molar-refractivity contribution in [1.82, 2.24) is 4.90 Å². The molecule has 0 unspecified atom stereocenters. The summed E-state index contributed by atoms with van der Waals surface area (Å²) in [6.07, 6.45) is 2.25. The molecule has 0 amide bonds. The SMILES string of the molecule is CC1(C)CC(=C(S(=O)(=O)O)S(=O)(=O)O)C(C#N)=C(N2CCCC2)C1. The second kappa shape index (κ2) is 6.15. The molecule has 0 aromatic rings. The Balaban J connectivity index is 2.85. The van der Waals surface area contributed by atoms with Crippen LogP contribution >= 0.6 is 0 Å². The normalized spacial score (nSPS) is 21.8.